The molecule has 0 spiro atoms. The van der Waals surface area contributed by atoms with Gasteiger partial charge in [-0.15, -0.1) is 0 Å². The van der Waals surface area contributed by atoms with Crippen molar-refractivity contribution in [2.24, 2.45) is 0 Å². The second-order valence-electron chi connectivity index (χ2n) is 4.24. The maximum atomic E-state index is 12.5. The fraction of sp³-hybridized carbons (Fsp3) is 0. The van der Waals surface area contributed by atoms with Crippen molar-refractivity contribution in [3.63, 3.8) is 0 Å². The number of ketones is 1. The molecule has 0 N–H and O–H groups in total. The fourth-order valence-electron chi connectivity index (χ4n) is 2.08. The van der Waals surface area contributed by atoms with E-state index in [1.807, 2.05) is 24.3 Å². The Bertz CT molecular complexity index is 745. The summed E-state index contributed by atoms with van der Waals surface area (Å²) in [5.74, 6) is -0.00605. The summed E-state index contributed by atoms with van der Waals surface area (Å²) in [6, 6.07) is 14.4. The van der Waals surface area contributed by atoms with Crippen LogP contribution in [0.1, 0.15) is 15.9 Å². The Morgan fingerprint density at radius 3 is 2.58 bits per heavy atom. The van der Waals surface area contributed by atoms with Crippen molar-refractivity contribution < 1.29 is 4.79 Å². The average molecular weight is 268 g/mol. The summed E-state index contributed by atoms with van der Waals surface area (Å²) < 4.78 is 0. The summed E-state index contributed by atoms with van der Waals surface area (Å²) in [7, 11) is 0. The Hall–Kier alpha value is -2.19. The Morgan fingerprint density at radius 1 is 1.00 bits per heavy atom. The van der Waals surface area contributed by atoms with Crippen LogP contribution in [-0.4, -0.2) is 10.8 Å². The van der Waals surface area contributed by atoms with Gasteiger partial charge in [-0.3, -0.25) is 9.78 Å². The van der Waals surface area contributed by atoms with Crippen molar-refractivity contribution in [2.45, 2.75) is 0 Å². The Kier molecular flexibility index (Phi) is 3.02. The molecule has 0 saturated heterocycles. The number of hydrogen-bond donors (Lipinski definition) is 0. The van der Waals surface area contributed by atoms with Gasteiger partial charge >= 0.3 is 0 Å². The normalized spacial score (nSPS) is 10.6. The van der Waals surface area contributed by atoms with Gasteiger partial charge in [-0.25, -0.2) is 0 Å². The lowest BCUT2D eigenvalue weighted by Gasteiger charge is -2.05. The Labute approximate surface area is 115 Å². The highest BCUT2D eigenvalue weighted by atomic mass is 35.5. The zero-order valence-electron chi connectivity index (χ0n) is 10.0. The summed E-state index contributed by atoms with van der Waals surface area (Å²) >= 11 is 5.84. The molecule has 0 radical (unpaired) electrons. The topological polar surface area (TPSA) is 30.0 Å². The van der Waals surface area contributed by atoms with Gasteiger partial charge in [-0.05, 0) is 35.7 Å². The second-order valence-corrected chi connectivity index (χ2v) is 4.67. The van der Waals surface area contributed by atoms with Crippen LogP contribution in [0.2, 0.25) is 5.02 Å². The maximum Gasteiger partial charge on any atom is 0.193 e. The van der Waals surface area contributed by atoms with Crippen molar-refractivity contribution in [3.05, 3.63) is 77.1 Å². The minimum Gasteiger partial charge on any atom is -0.289 e. The van der Waals surface area contributed by atoms with E-state index in [0.717, 1.165) is 10.8 Å². The first-order valence-corrected chi connectivity index (χ1v) is 6.26. The molecule has 0 saturated carbocycles. The molecule has 3 aromatic rings. The van der Waals surface area contributed by atoms with Crippen LogP contribution in [0.15, 0.2) is 60.9 Å². The molecular formula is C16H10ClNO. The third-order valence-corrected chi connectivity index (χ3v) is 3.28. The van der Waals surface area contributed by atoms with Gasteiger partial charge in [0.05, 0.1) is 0 Å². The minimum absolute atomic E-state index is 0.00605. The SMILES string of the molecule is O=C(c1ccc(Cl)cc1)c1cccc2cnccc12. The predicted molar refractivity (Wildman–Crippen MR) is 76.6 cm³/mol. The van der Waals surface area contributed by atoms with Crippen LogP contribution in [0.5, 0.6) is 0 Å². The van der Waals surface area contributed by atoms with Crippen LogP contribution in [-0.2, 0) is 0 Å². The number of fused-ring (bicyclic) bond motifs is 1. The Balaban J connectivity index is 2.14. The first-order valence-electron chi connectivity index (χ1n) is 5.89. The molecule has 0 aliphatic rings. The highest BCUT2D eigenvalue weighted by molar-refractivity contribution is 6.30. The van der Waals surface area contributed by atoms with Gasteiger partial charge in [-0.1, -0.05) is 29.8 Å². The lowest BCUT2D eigenvalue weighted by atomic mass is 9.98. The lowest BCUT2D eigenvalue weighted by molar-refractivity contribution is 0.104. The van der Waals surface area contributed by atoms with Gasteiger partial charge < -0.3 is 0 Å². The van der Waals surface area contributed by atoms with Crippen LogP contribution in [0.3, 0.4) is 0 Å². The first-order chi connectivity index (χ1) is 9.25. The monoisotopic (exact) mass is 267 g/mol. The molecule has 2 aromatic carbocycles. The van der Waals surface area contributed by atoms with Gasteiger partial charge in [0.1, 0.15) is 0 Å². The van der Waals surface area contributed by atoms with Crippen molar-refractivity contribution in [3.8, 4) is 0 Å². The largest absolute Gasteiger partial charge is 0.289 e. The number of halogens is 1. The lowest BCUT2D eigenvalue weighted by Crippen LogP contribution is -2.01. The Morgan fingerprint density at radius 2 is 1.79 bits per heavy atom. The molecule has 0 amide bonds. The number of aromatic nitrogens is 1. The van der Waals surface area contributed by atoms with Crippen LogP contribution in [0.25, 0.3) is 10.8 Å². The summed E-state index contributed by atoms with van der Waals surface area (Å²) in [6.45, 7) is 0. The van der Waals surface area contributed by atoms with E-state index in [1.54, 1.807) is 36.7 Å². The molecule has 0 aliphatic carbocycles. The third-order valence-electron chi connectivity index (χ3n) is 3.03. The quantitative estimate of drug-likeness (QED) is 0.654. The molecule has 0 atom stereocenters. The van der Waals surface area contributed by atoms with Gasteiger partial charge in [0.2, 0.25) is 0 Å². The number of nitrogens with zero attached hydrogens (tertiary/aromatic N) is 1. The van der Waals surface area contributed by atoms with E-state index < -0.39 is 0 Å². The summed E-state index contributed by atoms with van der Waals surface area (Å²) in [6.07, 6.45) is 3.45. The minimum atomic E-state index is -0.00605. The summed E-state index contributed by atoms with van der Waals surface area (Å²) in [5.41, 5.74) is 1.32. The predicted octanol–water partition coefficient (Wildman–Crippen LogP) is 4.12. The van der Waals surface area contributed by atoms with E-state index in [1.165, 1.54) is 0 Å². The van der Waals surface area contributed by atoms with E-state index in [0.29, 0.717) is 16.1 Å². The van der Waals surface area contributed by atoms with Gasteiger partial charge in [0.25, 0.3) is 0 Å². The van der Waals surface area contributed by atoms with Crippen LogP contribution in [0, 0.1) is 0 Å². The third kappa shape index (κ3) is 2.23. The molecule has 2 nitrogen and oxygen atoms in total. The first kappa shape index (κ1) is 11.9. The average Bonchev–Trinajstić information content (AvgIpc) is 2.47. The highest BCUT2D eigenvalue weighted by Crippen LogP contribution is 2.21. The fourth-order valence-corrected chi connectivity index (χ4v) is 2.20. The van der Waals surface area contributed by atoms with E-state index in [-0.39, 0.29) is 5.78 Å². The zero-order chi connectivity index (χ0) is 13.2. The van der Waals surface area contributed by atoms with Gasteiger partial charge in [0.15, 0.2) is 5.78 Å². The molecule has 0 bridgehead atoms. The van der Waals surface area contributed by atoms with E-state index in [2.05, 4.69) is 4.98 Å². The molecule has 1 aromatic heterocycles. The standard InChI is InChI=1S/C16H10ClNO/c17-13-6-4-11(5-7-13)16(19)15-3-1-2-12-10-18-9-8-14(12)15/h1-10H. The molecular weight excluding hydrogens is 258 g/mol. The van der Waals surface area contributed by atoms with Crippen molar-refractivity contribution in [2.75, 3.05) is 0 Å². The molecule has 1 heterocycles. The van der Waals surface area contributed by atoms with Crippen LogP contribution >= 0.6 is 11.6 Å². The molecule has 3 heteroatoms. The van der Waals surface area contributed by atoms with Crippen molar-refractivity contribution >= 4 is 28.2 Å². The summed E-state index contributed by atoms with van der Waals surface area (Å²) in [5, 5.41) is 2.50. The number of benzene rings is 2. The highest BCUT2D eigenvalue weighted by Gasteiger charge is 2.11. The van der Waals surface area contributed by atoms with Gasteiger partial charge in [0, 0.05) is 33.9 Å². The van der Waals surface area contributed by atoms with Gasteiger partial charge in [-0.2, -0.15) is 0 Å². The number of pyridine rings is 1. The van der Waals surface area contributed by atoms with Crippen molar-refractivity contribution in [1.29, 1.82) is 0 Å². The number of rotatable bonds is 2. The molecule has 0 fully saturated rings. The number of hydrogen-bond acceptors (Lipinski definition) is 2. The smallest absolute Gasteiger partial charge is 0.193 e. The van der Waals surface area contributed by atoms with Crippen LogP contribution in [0.4, 0.5) is 0 Å². The van der Waals surface area contributed by atoms with E-state index >= 15 is 0 Å². The van der Waals surface area contributed by atoms with E-state index in [9.17, 15) is 4.79 Å². The molecule has 19 heavy (non-hydrogen) atoms. The second kappa shape index (κ2) is 4.82. The molecule has 0 unspecified atom stereocenters. The molecule has 92 valence electrons. The zero-order valence-corrected chi connectivity index (χ0v) is 10.8. The van der Waals surface area contributed by atoms with Crippen molar-refractivity contribution in [1.82, 2.24) is 4.98 Å². The van der Waals surface area contributed by atoms with E-state index in [4.69, 9.17) is 11.6 Å². The van der Waals surface area contributed by atoms with Crippen LogP contribution < -0.4 is 0 Å². The maximum absolute atomic E-state index is 12.5. The number of carbonyl (C=O) groups excluding carboxylic acids is 1. The molecule has 0 aliphatic heterocycles. The molecule has 3 rings (SSSR count). The summed E-state index contributed by atoms with van der Waals surface area (Å²) in [4.78, 5) is 16.6. The number of carbonyl (C=O) groups is 1.